The molecule has 2 N–H and O–H groups in total. The van der Waals surface area contributed by atoms with Crippen LogP contribution in [-0.2, 0) is 0 Å². The summed E-state index contributed by atoms with van der Waals surface area (Å²) in [4.78, 5) is 4.46. The topological polar surface area (TPSA) is 37.0 Å². The minimum atomic E-state index is 0.661. The Labute approximate surface area is 103 Å². The van der Waals surface area contributed by atoms with E-state index in [2.05, 4.69) is 34.7 Å². The van der Waals surface area contributed by atoms with Crippen molar-refractivity contribution < 1.29 is 0 Å². The Balaban J connectivity index is 1.52. The quantitative estimate of drug-likeness (QED) is 0.835. The second kappa shape index (κ2) is 4.55. The lowest BCUT2D eigenvalue weighted by Gasteiger charge is -2.34. The van der Waals surface area contributed by atoms with Crippen molar-refractivity contribution in [2.24, 2.45) is 5.92 Å². The molecule has 3 rings (SSSR count). The van der Waals surface area contributed by atoms with E-state index in [0.717, 1.165) is 17.4 Å². The van der Waals surface area contributed by atoms with Crippen LogP contribution >= 0.6 is 0 Å². The van der Waals surface area contributed by atoms with Crippen molar-refractivity contribution in [2.45, 2.75) is 51.1 Å². The highest BCUT2D eigenvalue weighted by atomic mass is 15.0. The zero-order chi connectivity index (χ0) is 11.7. The van der Waals surface area contributed by atoms with E-state index in [1.54, 1.807) is 0 Å². The van der Waals surface area contributed by atoms with Gasteiger partial charge in [0.1, 0.15) is 5.82 Å². The van der Waals surface area contributed by atoms with Crippen LogP contribution in [0.5, 0.6) is 0 Å². The van der Waals surface area contributed by atoms with E-state index in [1.807, 2.05) is 6.20 Å². The molecule has 3 nitrogen and oxygen atoms in total. The molecule has 2 aliphatic rings. The van der Waals surface area contributed by atoms with E-state index in [4.69, 9.17) is 0 Å². The second-order valence-electron chi connectivity index (χ2n) is 5.62. The maximum Gasteiger partial charge on any atom is 0.126 e. The fourth-order valence-corrected chi connectivity index (χ4v) is 2.58. The van der Waals surface area contributed by atoms with Gasteiger partial charge in [0.25, 0.3) is 0 Å². The van der Waals surface area contributed by atoms with Gasteiger partial charge in [0.05, 0.1) is 11.9 Å². The molecule has 2 saturated carbocycles. The maximum atomic E-state index is 4.46. The summed E-state index contributed by atoms with van der Waals surface area (Å²) in [5.41, 5.74) is 1.15. The Morgan fingerprint density at radius 1 is 1.12 bits per heavy atom. The van der Waals surface area contributed by atoms with Crippen molar-refractivity contribution in [3.8, 4) is 0 Å². The zero-order valence-electron chi connectivity index (χ0n) is 10.4. The van der Waals surface area contributed by atoms with Crippen LogP contribution in [0.2, 0.25) is 0 Å². The number of hydrogen-bond acceptors (Lipinski definition) is 3. The predicted molar refractivity (Wildman–Crippen MR) is 71.3 cm³/mol. The van der Waals surface area contributed by atoms with Gasteiger partial charge in [-0.1, -0.05) is 6.92 Å². The number of hydrogen-bond donors (Lipinski definition) is 2. The third kappa shape index (κ3) is 2.54. The fraction of sp³-hybridized carbons (Fsp3) is 0.643. The van der Waals surface area contributed by atoms with Gasteiger partial charge in [-0.3, -0.25) is 0 Å². The number of rotatable bonds is 4. The monoisotopic (exact) mass is 231 g/mol. The van der Waals surface area contributed by atoms with Gasteiger partial charge < -0.3 is 10.6 Å². The van der Waals surface area contributed by atoms with Crippen LogP contribution < -0.4 is 10.6 Å². The van der Waals surface area contributed by atoms with E-state index in [-0.39, 0.29) is 0 Å². The van der Waals surface area contributed by atoms with E-state index >= 15 is 0 Å². The first-order valence-electron chi connectivity index (χ1n) is 6.79. The molecular formula is C14H21N3. The Morgan fingerprint density at radius 2 is 1.94 bits per heavy atom. The average molecular weight is 231 g/mol. The first-order chi connectivity index (χ1) is 8.29. The van der Waals surface area contributed by atoms with Gasteiger partial charge >= 0.3 is 0 Å². The molecule has 0 aliphatic heterocycles. The van der Waals surface area contributed by atoms with Gasteiger partial charge in [-0.25, -0.2) is 4.98 Å². The molecular weight excluding hydrogens is 210 g/mol. The zero-order valence-corrected chi connectivity index (χ0v) is 10.4. The Kier molecular flexibility index (Phi) is 2.91. The van der Waals surface area contributed by atoms with Crippen LogP contribution in [0, 0.1) is 5.92 Å². The van der Waals surface area contributed by atoms with Gasteiger partial charge in [-0.15, -0.1) is 0 Å². The fourth-order valence-electron chi connectivity index (χ4n) is 2.58. The summed E-state index contributed by atoms with van der Waals surface area (Å²) in [5.74, 6) is 1.90. The van der Waals surface area contributed by atoms with Gasteiger partial charge in [-0.2, -0.15) is 0 Å². The Morgan fingerprint density at radius 3 is 2.47 bits per heavy atom. The van der Waals surface area contributed by atoms with Gasteiger partial charge in [0.2, 0.25) is 0 Å². The van der Waals surface area contributed by atoms with E-state index in [1.165, 1.54) is 32.1 Å². The van der Waals surface area contributed by atoms with Crippen LogP contribution in [0.3, 0.4) is 0 Å². The van der Waals surface area contributed by atoms with Crippen molar-refractivity contribution in [3.63, 3.8) is 0 Å². The summed E-state index contributed by atoms with van der Waals surface area (Å²) in [6.45, 7) is 2.31. The summed E-state index contributed by atoms with van der Waals surface area (Å²) in [6.07, 6.45) is 8.48. The van der Waals surface area contributed by atoms with E-state index in [0.29, 0.717) is 12.1 Å². The lowest BCUT2D eigenvalue weighted by atomic mass is 9.82. The van der Waals surface area contributed by atoms with Gasteiger partial charge in [0.15, 0.2) is 0 Å². The van der Waals surface area contributed by atoms with Crippen LogP contribution in [0.4, 0.5) is 11.5 Å². The van der Waals surface area contributed by atoms with E-state index in [9.17, 15) is 0 Å². The number of nitrogens with zero attached hydrogens (tertiary/aromatic N) is 1. The molecule has 0 radical (unpaired) electrons. The smallest absolute Gasteiger partial charge is 0.126 e. The molecule has 0 bridgehead atoms. The van der Waals surface area contributed by atoms with Crippen molar-refractivity contribution in [3.05, 3.63) is 18.3 Å². The molecule has 3 heteroatoms. The lowest BCUT2D eigenvalue weighted by Crippen LogP contribution is -2.33. The van der Waals surface area contributed by atoms with Crippen LogP contribution in [0.15, 0.2) is 18.3 Å². The summed E-state index contributed by atoms with van der Waals surface area (Å²) in [5, 5.41) is 6.98. The minimum absolute atomic E-state index is 0.661. The highest BCUT2D eigenvalue weighted by Crippen LogP contribution is 2.29. The molecule has 0 saturated heterocycles. The van der Waals surface area contributed by atoms with Crippen molar-refractivity contribution in [1.29, 1.82) is 0 Å². The second-order valence-corrected chi connectivity index (χ2v) is 5.62. The minimum Gasteiger partial charge on any atom is -0.381 e. The number of nitrogens with one attached hydrogen (secondary N) is 2. The first kappa shape index (κ1) is 10.9. The van der Waals surface area contributed by atoms with E-state index < -0.39 is 0 Å². The van der Waals surface area contributed by atoms with Crippen molar-refractivity contribution in [1.82, 2.24) is 4.98 Å². The molecule has 0 atom stereocenters. The summed E-state index contributed by atoms with van der Waals surface area (Å²) in [6, 6.07) is 5.55. The molecule has 0 unspecified atom stereocenters. The molecule has 1 aromatic heterocycles. The van der Waals surface area contributed by atoms with Crippen molar-refractivity contribution >= 4 is 11.5 Å². The molecule has 1 heterocycles. The molecule has 2 aliphatic carbocycles. The SMILES string of the molecule is CC1CC(Nc2ccc(NC3CCC3)nc2)C1. The number of aromatic nitrogens is 1. The van der Waals surface area contributed by atoms with Gasteiger partial charge in [0, 0.05) is 12.1 Å². The predicted octanol–water partition coefficient (Wildman–Crippen LogP) is 3.26. The third-order valence-electron chi connectivity index (χ3n) is 3.97. The Bertz CT molecular complexity index is 364. The lowest BCUT2D eigenvalue weighted by molar-refractivity contribution is 0.309. The van der Waals surface area contributed by atoms with Crippen LogP contribution in [0.1, 0.15) is 39.0 Å². The summed E-state index contributed by atoms with van der Waals surface area (Å²) in [7, 11) is 0. The number of pyridine rings is 1. The largest absolute Gasteiger partial charge is 0.381 e. The highest BCUT2D eigenvalue weighted by molar-refractivity contribution is 5.48. The first-order valence-corrected chi connectivity index (χ1v) is 6.79. The van der Waals surface area contributed by atoms with Crippen molar-refractivity contribution in [2.75, 3.05) is 10.6 Å². The normalized spacial score (nSPS) is 28.1. The summed E-state index contributed by atoms with van der Waals surface area (Å²) >= 11 is 0. The van der Waals surface area contributed by atoms with Gasteiger partial charge in [-0.05, 0) is 50.2 Å². The molecule has 0 spiro atoms. The average Bonchev–Trinajstić information content (AvgIpc) is 2.23. The maximum absolute atomic E-state index is 4.46. The molecule has 2 fully saturated rings. The molecule has 17 heavy (non-hydrogen) atoms. The standard InChI is InChI=1S/C14H21N3/c1-10-7-13(8-10)16-12-5-6-14(15-9-12)17-11-3-2-4-11/h5-6,9-11,13,16H,2-4,7-8H2,1H3,(H,15,17). The molecule has 92 valence electrons. The highest BCUT2D eigenvalue weighted by Gasteiger charge is 2.24. The molecule has 1 aromatic rings. The molecule has 0 aromatic carbocycles. The Hall–Kier alpha value is -1.25. The summed E-state index contributed by atoms with van der Waals surface area (Å²) < 4.78 is 0. The molecule has 0 amide bonds. The number of anilines is 2. The van der Waals surface area contributed by atoms with Crippen LogP contribution in [-0.4, -0.2) is 17.1 Å². The van der Waals surface area contributed by atoms with Crippen LogP contribution in [0.25, 0.3) is 0 Å². The third-order valence-corrected chi connectivity index (χ3v) is 3.97.